The number of nitrogens with zero attached hydrogens (tertiary/aromatic N) is 3. The molecule has 0 aliphatic carbocycles. The Labute approximate surface area is 115 Å². The van der Waals surface area contributed by atoms with Gasteiger partial charge in [-0.2, -0.15) is 5.10 Å². The van der Waals surface area contributed by atoms with Crippen molar-refractivity contribution in [3.63, 3.8) is 0 Å². The Morgan fingerprint density at radius 2 is 2.21 bits per heavy atom. The van der Waals surface area contributed by atoms with Gasteiger partial charge in [0.2, 0.25) is 0 Å². The zero-order chi connectivity index (χ0) is 13.8. The van der Waals surface area contributed by atoms with Crippen molar-refractivity contribution in [1.29, 1.82) is 0 Å². The van der Waals surface area contributed by atoms with Crippen LogP contribution in [0.25, 0.3) is 0 Å². The van der Waals surface area contributed by atoms with Gasteiger partial charge in [-0.1, -0.05) is 13.3 Å². The topological polar surface area (TPSA) is 67.3 Å². The minimum Gasteiger partial charge on any atom is -0.396 e. The average molecular weight is 266 g/mol. The van der Waals surface area contributed by atoms with Crippen LogP contribution in [0.3, 0.4) is 0 Å². The van der Waals surface area contributed by atoms with Gasteiger partial charge in [0.05, 0.1) is 11.4 Å². The number of rotatable bonds is 5. The number of hydrogen-bond donors (Lipinski definition) is 2. The van der Waals surface area contributed by atoms with Crippen molar-refractivity contribution < 1.29 is 5.11 Å². The van der Waals surface area contributed by atoms with Gasteiger partial charge in [-0.3, -0.25) is 4.68 Å². The highest BCUT2D eigenvalue weighted by molar-refractivity contribution is 5.67. The third kappa shape index (κ3) is 2.86. The third-order valence-corrected chi connectivity index (χ3v) is 3.98. The van der Waals surface area contributed by atoms with Gasteiger partial charge in [-0.15, -0.1) is 0 Å². The normalized spacial score (nSPS) is 19.9. The molecule has 1 unspecified atom stereocenters. The molecule has 3 N–H and O–H groups in total. The van der Waals surface area contributed by atoms with Gasteiger partial charge in [-0.05, 0) is 32.1 Å². The number of nitrogens with two attached hydrogens (primary N) is 1. The largest absolute Gasteiger partial charge is 0.396 e. The summed E-state index contributed by atoms with van der Waals surface area (Å²) >= 11 is 0. The summed E-state index contributed by atoms with van der Waals surface area (Å²) in [4.78, 5) is 2.35. The molecule has 0 bridgehead atoms. The van der Waals surface area contributed by atoms with Crippen molar-refractivity contribution in [3.8, 4) is 0 Å². The Morgan fingerprint density at radius 3 is 2.89 bits per heavy atom. The molecular weight excluding hydrogens is 240 g/mol. The molecular formula is C14H26N4O. The van der Waals surface area contributed by atoms with E-state index in [2.05, 4.69) is 16.9 Å². The highest BCUT2D eigenvalue weighted by Gasteiger charge is 2.27. The molecule has 1 atom stereocenters. The van der Waals surface area contributed by atoms with Crippen LogP contribution in [-0.2, 0) is 13.5 Å². The molecule has 2 rings (SSSR count). The number of aromatic nitrogens is 2. The van der Waals surface area contributed by atoms with Gasteiger partial charge < -0.3 is 15.7 Å². The van der Waals surface area contributed by atoms with E-state index >= 15 is 0 Å². The van der Waals surface area contributed by atoms with Crippen LogP contribution in [0.2, 0.25) is 0 Å². The number of piperidine rings is 1. The van der Waals surface area contributed by atoms with Gasteiger partial charge in [0.25, 0.3) is 0 Å². The molecule has 0 aromatic carbocycles. The minimum atomic E-state index is 0.237. The highest BCUT2D eigenvalue weighted by Crippen LogP contribution is 2.32. The SMILES string of the molecule is CCCc1nn(C)c(N2CCCCC2CCO)c1N. The van der Waals surface area contributed by atoms with E-state index in [1.165, 1.54) is 12.8 Å². The predicted octanol–water partition coefficient (Wildman–Crippen LogP) is 1.70. The fraction of sp³-hybridized carbons (Fsp3) is 0.786. The van der Waals surface area contributed by atoms with Crippen LogP contribution in [0.4, 0.5) is 11.5 Å². The van der Waals surface area contributed by atoms with Crippen molar-refractivity contribution in [3.05, 3.63) is 5.69 Å². The molecule has 1 aliphatic heterocycles. The minimum absolute atomic E-state index is 0.237. The van der Waals surface area contributed by atoms with Crippen LogP contribution < -0.4 is 10.6 Å². The van der Waals surface area contributed by atoms with Gasteiger partial charge in [0, 0.05) is 26.2 Å². The molecule has 2 heterocycles. The summed E-state index contributed by atoms with van der Waals surface area (Å²) in [6.45, 7) is 3.39. The van der Waals surface area contributed by atoms with Crippen LogP contribution >= 0.6 is 0 Å². The smallest absolute Gasteiger partial charge is 0.150 e. The summed E-state index contributed by atoms with van der Waals surface area (Å²) in [5.74, 6) is 1.04. The molecule has 19 heavy (non-hydrogen) atoms. The van der Waals surface area contributed by atoms with Gasteiger partial charge in [0.15, 0.2) is 5.82 Å². The van der Waals surface area contributed by atoms with Crippen molar-refractivity contribution >= 4 is 11.5 Å². The van der Waals surface area contributed by atoms with Crippen LogP contribution in [-0.4, -0.2) is 34.1 Å². The molecule has 5 nitrogen and oxygen atoms in total. The fourth-order valence-corrected chi connectivity index (χ4v) is 3.08. The molecule has 1 fully saturated rings. The summed E-state index contributed by atoms with van der Waals surface area (Å²) in [6, 6.07) is 0.394. The quantitative estimate of drug-likeness (QED) is 0.851. The van der Waals surface area contributed by atoms with Crippen LogP contribution in [0.5, 0.6) is 0 Å². The van der Waals surface area contributed by atoms with E-state index in [0.717, 1.165) is 49.4 Å². The second-order valence-electron chi connectivity index (χ2n) is 5.41. The van der Waals surface area contributed by atoms with E-state index in [4.69, 9.17) is 5.73 Å². The lowest BCUT2D eigenvalue weighted by molar-refractivity contribution is 0.261. The van der Waals surface area contributed by atoms with Crippen molar-refractivity contribution in [2.45, 2.75) is 51.5 Å². The summed E-state index contributed by atoms with van der Waals surface area (Å²) in [5, 5.41) is 13.8. The van der Waals surface area contributed by atoms with E-state index in [1.54, 1.807) is 0 Å². The van der Waals surface area contributed by atoms with E-state index in [1.807, 2.05) is 11.7 Å². The maximum absolute atomic E-state index is 9.23. The number of aliphatic hydroxyl groups excluding tert-OH is 1. The molecule has 0 radical (unpaired) electrons. The maximum Gasteiger partial charge on any atom is 0.150 e. The highest BCUT2D eigenvalue weighted by atomic mass is 16.3. The standard InChI is InChI=1S/C14H26N4O/c1-3-6-12-13(15)14(17(2)16-12)18-9-5-4-7-11(18)8-10-19/h11,19H,3-10,15H2,1-2H3. The Balaban J connectivity index is 2.28. The monoisotopic (exact) mass is 266 g/mol. The Morgan fingerprint density at radius 1 is 1.42 bits per heavy atom. The molecule has 1 aromatic heterocycles. The van der Waals surface area contributed by atoms with Crippen molar-refractivity contribution in [2.75, 3.05) is 23.8 Å². The lowest BCUT2D eigenvalue weighted by atomic mass is 9.99. The second kappa shape index (κ2) is 6.28. The number of anilines is 2. The number of aryl methyl sites for hydroxylation is 2. The molecule has 0 spiro atoms. The van der Waals surface area contributed by atoms with Crippen LogP contribution in [0.1, 0.15) is 44.7 Å². The summed E-state index contributed by atoms with van der Waals surface area (Å²) < 4.78 is 1.91. The molecule has 1 aliphatic rings. The zero-order valence-electron chi connectivity index (χ0n) is 12.1. The first-order chi connectivity index (χ1) is 9.19. The summed E-state index contributed by atoms with van der Waals surface area (Å²) in [5.41, 5.74) is 8.13. The molecule has 0 amide bonds. The molecule has 1 saturated heterocycles. The van der Waals surface area contributed by atoms with Crippen molar-refractivity contribution in [1.82, 2.24) is 9.78 Å². The average Bonchev–Trinajstić information content (AvgIpc) is 2.67. The number of hydrogen-bond acceptors (Lipinski definition) is 4. The number of nitrogen functional groups attached to an aromatic ring is 1. The maximum atomic E-state index is 9.23. The van der Waals surface area contributed by atoms with Crippen LogP contribution in [0.15, 0.2) is 0 Å². The fourth-order valence-electron chi connectivity index (χ4n) is 3.08. The summed E-state index contributed by atoms with van der Waals surface area (Å²) in [7, 11) is 1.97. The zero-order valence-corrected chi connectivity index (χ0v) is 12.1. The van der Waals surface area contributed by atoms with Gasteiger partial charge >= 0.3 is 0 Å². The summed E-state index contributed by atoms with van der Waals surface area (Å²) in [6.07, 6.45) is 6.36. The van der Waals surface area contributed by atoms with Crippen LogP contribution in [0, 0.1) is 0 Å². The van der Waals surface area contributed by atoms with E-state index < -0.39 is 0 Å². The Hall–Kier alpha value is -1.23. The Bertz CT molecular complexity index is 414. The van der Waals surface area contributed by atoms with Gasteiger partial charge in [0.1, 0.15) is 0 Å². The van der Waals surface area contributed by atoms with E-state index in [9.17, 15) is 5.11 Å². The van der Waals surface area contributed by atoms with E-state index in [-0.39, 0.29) is 6.61 Å². The second-order valence-corrected chi connectivity index (χ2v) is 5.41. The lowest BCUT2D eigenvalue weighted by Gasteiger charge is -2.37. The molecule has 0 saturated carbocycles. The lowest BCUT2D eigenvalue weighted by Crippen LogP contribution is -2.41. The molecule has 5 heteroatoms. The van der Waals surface area contributed by atoms with Gasteiger partial charge in [-0.25, -0.2) is 0 Å². The van der Waals surface area contributed by atoms with Crippen molar-refractivity contribution in [2.24, 2.45) is 7.05 Å². The predicted molar refractivity (Wildman–Crippen MR) is 78.3 cm³/mol. The Kier molecular flexibility index (Phi) is 4.69. The third-order valence-electron chi connectivity index (χ3n) is 3.98. The first-order valence-corrected chi connectivity index (χ1v) is 7.37. The first kappa shape index (κ1) is 14.2. The molecule has 1 aromatic rings. The van der Waals surface area contributed by atoms with E-state index in [0.29, 0.717) is 6.04 Å². The molecule has 108 valence electrons. The number of aliphatic hydroxyl groups is 1. The first-order valence-electron chi connectivity index (χ1n) is 7.37.